The van der Waals surface area contributed by atoms with Gasteiger partial charge in [-0.1, -0.05) is 38.0 Å². The minimum absolute atomic E-state index is 0.226. The predicted molar refractivity (Wildman–Crippen MR) is 90.1 cm³/mol. The van der Waals surface area contributed by atoms with Crippen LogP contribution in [0.4, 0.5) is 0 Å². The smallest absolute Gasteiger partial charge is 0.324 e. The summed E-state index contributed by atoms with van der Waals surface area (Å²) in [5.74, 6) is -1.82. The van der Waals surface area contributed by atoms with Crippen LogP contribution in [0, 0.1) is 0 Å². The van der Waals surface area contributed by atoms with Gasteiger partial charge in [0.1, 0.15) is 0 Å². The van der Waals surface area contributed by atoms with E-state index < -0.39 is 17.8 Å². The minimum atomic E-state index is -0.769. The molecule has 0 spiro atoms. The maximum absolute atomic E-state index is 12.5. The molecule has 0 N–H and O–H groups in total. The molecule has 128 valence electrons. The van der Waals surface area contributed by atoms with Crippen molar-refractivity contribution in [2.45, 2.75) is 33.1 Å². The van der Waals surface area contributed by atoms with Gasteiger partial charge in [-0.25, -0.2) is 4.79 Å². The first kappa shape index (κ1) is 16.8. The summed E-state index contributed by atoms with van der Waals surface area (Å²) in [5.41, 5.74) is 2.15. The second-order valence-electron chi connectivity index (χ2n) is 6.07. The Balaban J connectivity index is 1.87. The second-order valence-corrected chi connectivity index (χ2v) is 6.07. The minimum Gasteiger partial charge on any atom is -0.324 e. The van der Waals surface area contributed by atoms with Gasteiger partial charge in [-0.2, -0.15) is 0 Å². The van der Waals surface area contributed by atoms with Crippen LogP contribution in [0.2, 0.25) is 0 Å². The van der Waals surface area contributed by atoms with Crippen LogP contribution < -0.4 is 0 Å². The SMILES string of the molecule is CCc1nc(C(C)C)ccc1C(=O)ON1C(=O)c2ccccc2C1=O. The zero-order chi connectivity index (χ0) is 18.1. The Hall–Kier alpha value is -3.02. The highest BCUT2D eigenvalue weighted by atomic mass is 16.7. The standard InChI is InChI=1S/C19H18N2O4/c1-4-15-14(9-10-16(20-15)11(2)3)19(24)25-21-17(22)12-7-5-6-8-13(12)18(21)23/h5-11H,4H2,1-3H3. The quantitative estimate of drug-likeness (QED) is 0.801. The first-order chi connectivity index (χ1) is 11.9. The fourth-order valence-corrected chi connectivity index (χ4v) is 2.68. The van der Waals surface area contributed by atoms with Crippen LogP contribution in [0.1, 0.15) is 69.2 Å². The summed E-state index contributed by atoms with van der Waals surface area (Å²) in [4.78, 5) is 46.6. The molecule has 1 aliphatic rings. The highest BCUT2D eigenvalue weighted by Crippen LogP contribution is 2.24. The van der Waals surface area contributed by atoms with Crippen LogP contribution in [0.25, 0.3) is 0 Å². The molecule has 25 heavy (non-hydrogen) atoms. The molecule has 2 aromatic rings. The normalized spacial score (nSPS) is 13.4. The predicted octanol–water partition coefficient (Wildman–Crippen LogP) is 3.14. The molecule has 0 unspecified atom stereocenters. The number of pyridine rings is 1. The number of amides is 2. The van der Waals surface area contributed by atoms with Gasteiger partial charge in [0.15, 0.2) is 0 Å². The third kappa shape index (κ3) is 2.91. The number of hydroxylamine groups is 2. The van der Waals surface area contributed by atoms with Crippen LogP contribution in [0.5, 0.6) is 0 Å². The average molecular weight is 338 g/mol. The molecule has 2 heterocycles. The first-order valence-electron chi connectivity index (χ1n) is 8.14. The molecule has 2 amide bonds. The number of aromatic nitrogens is 1. The van der Waals surface area contributed by atoms with E-state index in [2.05, 4.69) is 4.98 Å². The van der Waals surface area contributed by atoms with Crippen molar-refractivity contribution < 1.29 is 19.2 Å². The van der Waals surface area contributed by atoms with Crippen molar-refractivity contribution in [1.29, 1.82) is 0 Å². The van der Waals surface area contributed by atoms with E-state index in [4.69, 9.17) is 4.84 Å². The number of rotatable bonds is 4. The zero-order valence-corrected chi connectivity index (χ0v) is 14.3. The monoisotopic (exact) mass is 338 g/mol. The van der Waals surface area contributed by atoms with Crippen molar-refractivity contribution in [2.75, 3.05) is 0 Å². The van der Waals surface area contributed by atoms with Gasteiger partial charge in [-0.3, -0.25) is 14.6 Å². The van der Waals surface area contributed by atoms with Crippen molar-refractivity contribution in [1.82, 2.24) is 10.0 Å². The van der Waals surface area contributed by atoms with Crippen molar-refractivity contribution in [3.8, 4) is 0 Å². The van der Waals surface area contributed by atoms with Gasteiger partial charge in [0.2, 0.25) is 0 Å². The zero-order valence-electron chi connectivity index (χ0n) is 14.3. The molecule has 0 radical (unpaired) electrons. The van der Waals surface area contributed by atoms with E-state index in [1.54, 1.807) is 24.3 Å². The molecule has 0 saturated heterocycles. The molecule has 0 fully saturated rings. The summed E-state index contributed by atoms with van der Waals surface area (Å²) in [6.45, 7) is 5.91. The maximum Gasteiger partial charge on any atom is 0.365 e. The number of aryl methyl sites for hydroxylation is 1. The summed E-state index contributed by atoms with van der Waals surface area (Å²) >= 11 is 0. The van der Waals surface area contributed by atoms with E-state index in [0.29, 0.717) is 17.2 Å². The Kier molecular flexibility index (Phi) is 4.35. The lowest BCUT2D eigenvalue weighted by Gasteiger charge is -2.15. The lowest BCUT2D eigenvalue weighted by atomic mass is 10.1. The Morgan fingerprint density at radius 3 is 2.20 bits per heavy atom. The van der Waals surface area contributed by atoms with Gasteiger partial charge in [-0.15, -0.1) is 0 Å². The fourth-order valence-electron chi connectivity index (χ4n) is 2.68. The van der Waals surface area contributed by atoms with Crippen LogP contribution in [0.3, 0.4) is 0 Å². The van der Waals surface area contributed by atoms with Crippen molar-refractivity contribution >= 4 is 17.8 Å². The van der Waals surface area contributed by atoms with Crippen molar-refractivity contribution in [3.05, 3.63) is 64.5 Å². The summed E-state index contributed by atoms with van der Waals surface area (Å²) in [6.07, 6.45) is 0.535. The van der Waals surface area contributed by atoms with Crippen LogP contribution in [-0.4, -0.2) is 27.8 Å². The van der Waals surface area contributed by atoms with E-state index in [1.807, 2.05) is 20.8 Å². The third-order valence-electron chi connectivity index (χ3n) is 4.07. The highest BCUT2D eigenvalue weighted by Gasteiger charge is 2.39. The number of hydrogen-bond donors (Lipinski definition) is 0. The Morgan fingerprint density at radius 1 is 1.08 bits per heavy atom. The molecule has 0 atom stereocenters. The number of carbonyl (C=O) groups excluding carboxylic acids is 3. The number of benzene rings is 1. The number of carbonyl (C=O) groups is 3. The number of nitrogens with zero attached hydrogens (tertiary/aromatic N) is 2. The molecule has 1 aromatic heterocycles. The van der Waals surface area contributed by atoms with Crippen molar-refractivity contribution in [2.24, 2.45) is 0 Å². The van der Waals surface area contributed by atoms with Crippen LogP contribution in [0.15, 0.2) is 36.4 Å². The number of imide groups is 1. The van der Waals surface area contributed by atoms with Gasteiger partial charge in [-0.05, 0) is 36.6 Å². The third-order valence-corrected chi connectivity index (χ3v) is 4.07. The van der Waals surface area contributed by atoms with Gasteiger partial charge >= 0.3 is 5.97 Å². The molecule has 6 nitrogen and oxygen atoms in total. The maximum atomic E-state index is 12.5. The molecule has 3 rings (SSSR count). The first-order valence-corrected chi connectivity index (χ1v) is 8.14. The topological polar surface area (TPSA) is 76.6 Å². The molecule has 6 heteroatoms. The fraction of sp³-hybridized carbons (Fsp3) is 0.263. The van der Waals surface area contributed by atoms with E-state index in [9.17, 15) is 14.4 Å². The molecule has 0 aliphatic carbocycles. The van der Waals surface area contributed by atoms with Gasteiger partial charge in [0.05, 0.1) is 22.4 Å². The Morgan fingerprint density at radius 2 is 1.68 bits per heavy atom. The Bertz CT molecular complexity index is 838. The van der Waals surface area contributed by atoms with E-state index in [-0.39, 0.29) is 22.6 Å². The Labute approximate surface area is 145 Å². The lowest BCUT2D eigenvalue weighted by Crippen LogP contribution is -2.33. The molecule has 0 bridgehead atoms. The van der Waals surface area contributed by atoms with Gasteiger partial charge in [0, 0.05) is 5.69 Å². The molecule has 1 aromatic carbocycles. The highest BCUT2D eigenvalue weighted by molar-refractivity contribution is 6.21. The van der Waals surface area contributed by atoms with Crippen molar-refractivity contribution in [3.63, 3.8) is 0 Å². The second kappa shape index (κ2) is 6.47. The summed E-state index contributed by atoms with van der Waals surface area (Å²) in [6, 6.07) is 9.74. The summed E-state index contributed by atoms with van der Waals surface area (Å²) < 4.78 is 0. The van der Waals surface area contributed by atoms with Gasteiger partial charge < -0.3 is 4.84 Å². The van der Waals surface area contributed by atoms with Crippen LogP contribution in [-0.2, 0) is 11.3 Å². The number of hydrogen-bond acceptors (Lipinski definition) is 5. The molecule has 0 saturated carbocycles. The van der Waals surface area contributed by atoms with E-state index in [0.717, 1.165) is 5.69 Å². The molecule has 1 aliphatic heterocycles. The molecular formula is C19H18N2O4. The largest absolute Gasteiger partial charge is 0.365 e. The molecular weight excluding hydrogens is 320 g/mol. The number of fused-ring (bicyclic) bond motifs is 1. The van der Waals surface area contributed by atoms with E-state index >= 15 is 0 Å². The van der Waals surface area contributed by atoms with E-state index in [1.165, 1.54) is 12.1 Å². The lowest BCUT2D eigenvalue weighted by molar-refractivity contribution is -0.0585. The van der Waals surface area contributed by atoms with Crippen LogP contribution >= 0.6 is 0 Å². The van der Waals surface area contributed by atoms with Gasteiger partial charge in [0.25, 0.3) is 11.8 Å². The summed E-state index contributed by atoms with van der Waals surface area (Å²) in [5, 5.41) is 0.517. The average Bonchev–Trinajstić information content (AvgIpc) is 2.86. The summed E-state index contributed by atoms with van der Waals surface area (Å²) in [7, 11) is 0.